The summed E-state index contributed by atoms with van der Waals surface area (Å²) in [5.41, 5.74) is 2.12. The quantitative estimate of drug-likeness (QED) is 0.868. The van der Waals surface area contributed by atoms with E-state index < -0.39 is 0 Å². The Hall–Kier alpha value is -2.43. The van der Waals surface area contributed by atoms with Crippen molar-refractivity contribution in [2.45, 2.75) is 19.5 Å². The van der Waals surface area contributed by atoms with Crippen LogP contribution in [0.15, 0.2) is 36.5 Å². The molecule has 0 spiro atoms. The first-order valence-corrected chi connectivity index (χ1v) is 7.34. The van der Waals surface area contributed by atoms with Crippen molar-refractivity contribution < 1.29 is 14.3 Å². The molecule has 5 heteroatoms. The Kier molecular flexibility index (Phi) is 4.04. The Morgan fingerprint density at radius 1 is 1.14 bits per heavy atom. The fraction of sp³-hybridized carbons (Fsp3) is 0.353. The molecule has 0 unspecified atom stereocenters. The van der Waals surface area contributed by atoms with E-state index in [4.69, 9.17) is 9.47 Å². The third kappa shape index (κ3) is 2.79. The second-order valence-electron chi connectivity index (χ2n) is 5.37. The van der Waals surface area contributed by atoms with Crippen molar-refractivity contribution in [2.24, 2.45) is 0 Å². The van der Waals surface area contributed by atoms with E-state index in [9.17, 15) is 4.79 Å². The number of hydrogen-bond acceptors (Lipinski definition) is 3. The van der Waals surface area contributed by atoms with Gasteiger partial charge < -0.3 is 18.9 Å². The summed E-state index contributed by atoms with van der Waals surface area (Å²) in [7, 11) is 3.20. The highest BCUT2D eigenvalue weighted by molar-refractivity contribution is 5.79. The van der Waals surface area contributed by atoms with E-state index >= 15 is 0 Å². The lowest BCUT2D eigenvalue weighted by atomic mass is 10.1. The largest absolute Gasteiger partial charge is 0.493 e. The van der Waals surface area contributed by atoms with E-state index in [1.54, 1.807) is 14.2 Å². The number of carbonyl (C=O) groups is 1. The molecule has 0 saturated carbocycles. The van der Waals surface area contributed by atoms with Crippen molar-refractivity contribution in [2.75, 3.05) is 20.8 Å². The minimum absolute atomic E-state index is 0.139. The van der Waals surface area contributed by atoms with Crippen LogP contribution in [0.4, 0.5) is 0 Å². The van der Waals surface area contributed by atoms with Gasteiger partial charge in [0.2, 0.25) is 5.91 Å². The summed E-state index contributed by atoms with van der Waals surface area (Å²) in [6.45, 7) is 2.30. The van der Waals surface area contributed by atoms with E-state index in [0.29, 0.717) is 24.5 Å². The Balaban J connectivity index is 1.70. The van der Waals surface area contributed by atoms with Crippen LogP contribution in [0.3, 0.4) is 0 Å². The van der Waals surface area contributed by atoms with Crippen molar-refractivity contribution in [1.29, 1.82) is 0 Å². The van der Waals surface area contributed by atoms with Crippen LogP contribution in [0.5, 0.6) is 11.5 Å². The molecule has 0 bridgehead atoms. The van der Waals surface area contributed by atoms with Crippen LogP contribution in [0.25, 0.3) is 0 Å². The van der Waals surface area contributed by atoms with Gasteiger partial charge in [-0.3, -0.25) is 4.79 Å². The number of nitrogens with zero attached hydrogens (tertiary/aromatic N) is 2. The Morgan fingerprint density at radius 2 is 1.95 bits per heavy atom. The first kappa shape index (κ1) is 14.5. The van der Waals surface area contributed by atoms with Gasteiger partial charge in [0.1, 0.15) is 0 Å². The predicted octanol–water partition coefficient (Wildman–Crippen LogP) is 2.09. The summed E-state index contributed by atoms with van der Waals surface area (Å²) in [6, 6.07) is 9.70. The first-order valence-electron chi connectivity index (χ1n) is 7.34. The summed E-state index contributed by atoms with van der Waals surface area (Å²) in [5, 5.41) is 0. The molecule has 1 aromatic carbocycles. The number of aromatic nitrogens is 1. The maximum absolute atomic E-state index is 12.5. The van der Waals surface area contributed by atoms with Crippen LogP contribution in [-0.4, -0.2) is 36.1 Å². The van der Waals surface area contributed by atoms with Gasteiger partial charge >= 0.3 is 0 Å². The molecule has 1 aliphatic rings. The van der Waals surface area contributed by atoms with Gasteiger partial charge in [0, 0.05) is 25.0 Å². The second-order valence-corrected chi connectivity index (χ2v) is 5.37. The predicted molar refractivity (Wildman–Crippen MR) is 83.1 cm³/mol. The molecule has 116 valence electrons. The number of rotatable bonds is 4. The number of amides is 1. The summed E-state index contributed by atoms with van der Waals surface area (Å²) in [5.74, 6) is 1.47. The number of benzene rings is 1. The van der Waals surface area contributed by atoms with Crippen molar-refractivity contribution in [3.05, 3.63) is 47.8 Å². The third-order valence-electron chi connectivity index (χ3n) is 4.04. The lowest BCUT2D eigenvalue weighted by Gasteiger charge is -2.28. The number of fused-ring (bicyclic) bond motifs is 1. The van der Waals surface area contributed by atoms with Gasteiger partial charge in [-0.25, -0.2) is 0 Å². The van der Waals surface area contributed by atoms with E-state index in [1.807, 2.05) is 29.2 Å². The van der Waals surface area contributed by atoms with Gasteiger partial charge in [0.15, 0.2) is 11.5 Å². The lowest BCUT2D eigenvalue weighted by Crippen LogP contribution is -2.38. The zero-order valence-electron chi connectivity index (χ0n) is 12.9. The molecule has 2 heterocycles. The van der Waals surface area contributed by atoms with Crippen LogP contribution in [0, 0.1) is 0 Å². The summed E-state index contributed by atoms with van der Waals surface area (Å²) >= 11 is 0. The number of carbonyl (C=O) groups excluding carboxylic acids is 1. The summed E-state index contributed by atoms with van der Waals surface area (Å²) in [4.78, 5) is 14.4. The monoisotopic (exact) mass is 300 g/mol. The third-order valence-corrected chi connectivity index (χ3v) is 4.04. The molecular formula is C17H20N2O3. The average molecular weight is 300 g/mol. The lowest BCUT2D eigenvalue weighted by molar-refractivity contribution is -0.131. The molecule has 0 fully saturated rings. The Bertz CT molecular complexity index is 678. The van der Waals surface area contributed by atoms with Gasteiger partial charge in [0.25, 0.3) is 0 Å². The fourth-order valence-electron chi connectivity index (χ4n) is 2.80. The molecular weight excluding hydrogens is 280 g/mol. The van der Waals surface area contributed by atoms with Gasteiger partial charge in [-0.05, 0) is 29.8 Å². The molecule has 1 amide bonds. The van der Waals surface area contributed by atoms with Crippen LogP contribution >= 0.6 is 0 Å². The van der Waals surface area contributed by atoms with Crippen molar-refractivity contribution in [3.8, 4) is 11.5 Å². The van der Waals surface area contributed by atoms with E-state index in [0.717, 1.165) is 18.7 Å². The molecule has 5 nitrogen and oxygen atoms in total. The SMILES string of the molecule is COc1ccc(CC(=O)N2CCn3cccc3C2)cc1OC. The molecule has 1 aromatic heterocycles. The number of hydrogen-bond donors (Lipinski definition) is 0. The van der Waals surface area contributed by atoms with Crippen LogP contribution in [-0.2, 0) is 24.3 Å². The number of methoxy groups -OCH3 is 2. The van der Waals surface area contributed by atoms with Crippen molar-refractivity contribution in [1.82, 2.24) is 9.47 Å². The minimum atomic E-state index is 0.139. The molecule has 0 atom stereocenters. The van der Waals surface area contributed by atoms with E-state index in [-0.39, 0.29) is 5.91 Å². The highest BCUT2D eigenvalue weighted by Crippen LogP contribution is 2.28. The number of ether oxygens (including phenoxy) is 2. The molecule has 0 aliphatic carbocycles. The van der Waals surface area contributed by atoms with Crippen LogP contribution < -0.4 is 9.47 Å². The fourth-order valence-corrected chi connectivity index (χ4v) is 2.80. The topological polar surface area (TPSA) is 43.7 Å². The highest BCUT2D eigenvalue weighted by Gasteiger charge is 2.20. The molecule has 0 radical (unpaired) electrons. The van der Waals surface area contributed by atoms with Crippen LogP contribution in [0.2, 0.25) is 0 Å². The van der Waals surface area contributed by atoms with Gasteiger partial charge in [0.05, 0.1) is 27.2 Å². The van der Waals surface area contributed by atoms with Gasteiger partial charge in [-0.2, -0.15) is 0 Å². The maximum Gasteiger partial charge on any atom is 0.227 e. The van der Waals surface area contributed by atoms with E-state index in [1.165, 1.54) is 5.69 Å². The van der Waals surface area contributed by atoms with Crippen molar-refractivity contribution in [3.63, 3.8) is 0 Å². The maximum atomic E-state index is 12.5. The van der Waals surface area contributed by atoms with Gasteiger partial charge in [-0.1, -0.05) is 6.07 Å². The summed E-state index contributed by atoms with van der Waals surface area (Å²) in [6.07, 6.45) is 2.44. The second kappa shape index (κ2) is 6.13. The van der Waals surface area contributed by atoms with Crippen LogP contribution in [0.1, 0.15) is 11.3 Å². The first-order chi connectivity index (χ1) is 10.7. The molecule has 0 N–H and O–H groups in total. The average Bonchev–Trinajstić information content (AvgIpc) is 3.02. The minimum Gasteiger partial charge on any atom is -0.493 e. The zero-order chi connectivity index (χ0) is 15.5. The molecule has 2 aromatic rings. The van der Waals surface area contributed by atoms with Gasteiger partial charge in [-0.15, -0.1) is 0 Å². The highest BCUT2D eigenvalue weighted by atomic mass is 16.5. The molecule has 22 heavy (non-hydrogen) atoms. The molecule has 0 saturated heterocycles. The molecule has 1 aliphatic heterocycles. The van der Waals surface area contributed by atoms with E-state index in [2.05, 4.69) is 16.8 Å². The zero-order valence-corrected chi connectivity index (χ0v) is 12.9. The Morgan fingerprint density at radius 3 is 2.73 bits per heavy atom. The Labute approximate surface area is 130 Å². The van der Waals surface area contributed by atoms with Crippen molar-refractivity contribution >= 4 is 5.91 Å². The smallest absolute Gasteiger partial charge is 0.227 e. The molecule has 3 rings (SSSR count). The normalized spacial score (nSPS) is 13.6. The summed E-state index contributed by atoms with van der Waals surface area (Å²) < 4.78 is 12.7. The standard InChI is InChI=1S/C17H20N2O3/c1-21-15-6-5-13(10-16(15)22-2)11-17(20)19-9-8-18-7-3-4-14(18)12-19/h3-7,10H,8-9,11-12H2,1-2H3.